The van der Waals surface area contributed by atoms with Gasteiger partial charge in [-0.2, -0.15) is 0 Å². The lowest BCUT2D eigenvalue weighted by atomic mass is 9.94. The van der Waals surface area contributed by atoms with Gasteiger partial charge in [-0.15, -0.1) is 0 Å². The molecule has 1 aromatic carbocycles. The summed E-state index contributed by atoms with van der Waals surface area (Å²) in [6, 6.07) is 4.43. The second-order valence-corrected chi connectivity index (χ2v) is 4.98. The van der Waals surface area contributed by atoms with Gasteiger partial charge in [0, 0.05) is 20.6 Å². The number of carbonyl (C=O) groups is 2. The van der Waals surface area contributed by atoms with Crippen LogP contribution in [0, 0.1) is 0 Å². The highest BCUT2D eigenvalue weighted by molar-refractivity contribution is 5.82. The maximum Gasteiger partial charge on any atom is 0.408 e. The van der Waals surface area contributed by atoms with Crippen LogP contribution in [0.1, 0.15) is 11.1 Å². The first-order valence-corrected chi connectivity index (χ1v) is 6.95. The zero-order chi connectivity index (χ0) is 16.8. The van der Waals surface area contributed by atoms with Gasteiger partial charge in [-0.05, 0) is 23.3 Å². The molecule has 23 heavy (non-hydrogen) atoms. The summed E-state index contributed by atoms with van der Waals surface area (Å²) in [4.78, 5) is 24.5. The largest absolute Gasteiger partial charge is 0.468 e. The zero-order valence-corrected chi connectivity index (χ0v) is 13.0. The molecule has 0 aromatic heterocycles. The summed E-state index contributed by atoms with van der Waals surface area (Å²) in [6.07, 6.45) is -0.937. The smallest absolute Gasteiger partial charge is 0.408 e. The highest BCUT2D eigenvalue weighted by atomic mass is 16.7. The number of fused-ring (bicyclic) bond motifs is 1. The molecule has 2 rings (SSSR count). The van der Waals surface area contributed by atoms with Crippen molar-refractivity contribution in [2.24, 2.45) is 0 Å². The first-order valence-electron chi connectivity index (χ1n) is 6.95. The maximum atomic E-state index is 12.0. The van der Waals surface area contributed by atoms with Gasteiger partial charge in [0.1, 0.15) is 11.8 Å². The molecule has 8 heteroatoms. The number of amides is 1. The van der Waals surface area contributed by atoms with Crippen LogP contribution < -0.4 is 4.74 Å². The Hall–Kier alpha value is -2.32. The zero-order valence-electron chi connectivity index (χ0n) is 13.0. The summed E-state index contributed by atoms with van der Waals surface area (Å²) in [5.41, 5.74) is 1.67. The highest BCUT2D eigenvalue weighted by Crippen LogP contribution is 2.27. The van der Waals surface area contributed by atoms with E-state index in [2.05, 4.69) is 4.74 Å². The number of methoxy groups -OCH3 is 2. The van der Waals surface area contributed by atoms with Gasteiger partial charge in [-0.3, -0.25) is 4.90 Å². The minimum atomic E-state index is -1.18. The van der Waals surface area contributed by atoms with Crippen molar-refractivity contribution in [1.29, 1.82) is 0 Å². The molecule has 0 bridgehead atoms. The van der Waals surface area contributed by atoms with Crippen LogP contribution in [-0.2, 0) is 32.0 Å². The average Bonchev–Trinajstić information content (AvgIpc) is 2.56. The van der Waals surface area contributed by atoms with E-state index in [0.29, 0.717) is 5.75 Å². The number of hydrogen-bond acceptors (Lipinski definition) is 6. The van der Waals surface area contributed by atoms with Crippen molar-refractivity contribution in [3.63, 3.8) is 0 Å². The Morgan fingerprint density at radius 1 is 1.22 bits per heavy atom. The Labute approximate surface area is 133 Å². The number of hydrogen-bond donors (Lipinski definition) is 1. The van der Waals surface area contributed by atoms with Gasteiger partial charge in [0.05, 0.1) is 6.54 Å². The molecule has 1 aliphatic rings. The number of carboxylic acid groups (broad SMARTS) is 1. The second kappa shape index (κ2) is 7.80. The summed E-state index contributed by atoms with van der Waals surface area (Å²) in [7, 11) is 2.90. The molecule has 0 saturated carbocycles. The minimum absolute atomic E-state index is 0.0849. The third kappa shape index (κ3) is 4.11. The standard InChI is InChI=1S/C15H19NO7/c1-20-8-22-12-4-3-10-6-13(14(17)23-9-21-2)16(15(18)19)7-11(10)5-12/h3-5,13H,6-9H2,1-2H3,(H,18,19). The fourth-order valence-corrected chi connectivity index (χ4v) is 2.40. The molecule has 1 unspecified atom stereocenters. The van der Waals surface area contributed by atoms with Crippen molar-refractivity contribution in [2.75, 3.05) is 27.8 Å². The minimum Gasteiger partial charge on any atom is -0.468 e. The predicted molar refractivity (Wildman–Crippen MR) is 78.0 cm³/mol. The predicted octanol–water partition coefficient (Wildman–Crippen LogP) is 1.22. The molecule has 0 aliphatic carbocycles. The molecule has 0 saturated heterocycles. The number of carbonyl (C=O) groups excluding carboxylic acids is 1. The molecule has 1 atom stereocenters. The fraction of sp³-hybridized carbons (Fsp3) is 0.467. The molecule has 1 heterocycles. The van der Waals surface area contributed by atoms with Gasteiger partial charge in [0.25, 0.3) is 0 Å². The normalized spacial score (nSPS) is 16.6. The quantitative estimate of drug-likeness (QED) is 0.620. The average molecular weight is 325 g/mol. The van der Waals surface area contributed by atoms with Crippen LogP contribution in [0.3, 0.4) is 0 Å². The van der Waals surface area contributed by atoms with Crippen molar-refractivity contribution in [2.45, 2.75) is 19.0 Å². The summed E-state index contributed by atoms with van der Waals surface area (Å²) >= 11 is 0. The second-order valence-electron chi connectivity index (χ2n) is 4.98. The van der Waals surface area contributed by atoms with Gasteiger partial charge < -0.3 is 24.1 Å². The Kier molecular flexibility index (Phi) is 5.78. The lowest BCUT2D eigenvalue weighted by Crippen LogP contribution is -2.48. The monoisotopic (exact) mass is 325 g/mol. The van der Waals surface area contributed by atoms with E-state index in [-0.39, 0.29) is 26.6 Å². The third-order valence-corrected chi connectivity index (χ3v) is 3.49. The van der Waals surface area contributed by atoms with Gasteiger partial charge in [0.2, 0.25) is 0 Å². The van der Waals surface area contributed by atoms with Crippen LogP contribution >= 0.6 is 0 Å². The van der Waals surface area contributed by atoms with E-state index >= 15 is 0 Å². The van der Waals surface area contributed by atoms with E-state index in [0.717, 1.165) is 16.0 Å². The molecular weight excluding hydrogens is 306 g/mol. The number of ether oxygens (including phenoxy) is 4. The van der Waals surface area contributed by atoms with Crippen molar-refractivity contribution < 1.29 is 33.6 Å². The Bertz CT molecular complexity index is 575. The van der Waals surface area contributed by atoms with E-state index in [1.54, 1.807) is 12.1 Å². The molecule has 1 aliphatic heterocycles. The first kappa shape index (κ1) is 17.0. The van der Waals surface area contributed by atoms with E-state index < -0.39 is 18.1 Å². The third-order valence-electron chi connectivity index (χ3n) is 3.49. The van der Waals surface area contributed by atoms with E-state index in [4.69, 9.17) is 14.2 Å². The topological polar surface area (TPSA) is 94.5 Å². The van der Waals surface area contributed by atoms with Crippen LogP contribution in [0.15, 0.2) is 18.2 Å². The van der Waals surface area contributed by atoms with Crippen molar-refractivity contribution in [1.82, 2.24) is 4.90 Å². The maximum absolute atomic E-state index is 12.0. The van der Waals surface area contributed by atoms with E-state index in [9.17, 15) is 14.7 Å². The van der Waals surface area contributed by atoms with E-state index in [1.165, 1.54) is 14.2 Å². The van der Waals surface area contributed by atoms with Gasteiger partial charge >= 0.3 is 12.1 Å². The van der Waals surface area contributed by atoms with Crippen LogP contribution in [0.25, 0.3) is 0 Å². The Morgan fingerprint density at radius 2 is 1.96 bits per heavy atom. The van der Waals surface area contributed by atoms with Crippen molar-refractivity contribution in [3.05, 3.63) is 29.3 Å². The number of nitrogens with zero attached hydrogens (tertiary/aromatic N) is 1. The lowest BCUT2D eigenvalue weighted by Gasteiger charge is -2.33. The summed E-state index contributed by atoms with van der Waals surface area (Å²) in [5.74, 6) is -0.0454. The van der Waals surface area contributed by atoms with Crippen LogP contribution in [0.2, 0.25) is 0 Å². The van der Waals surface area contributed by atoms with Gasteiger partial charge in [-0.1, -0.05) is 6.07 Å². The van der Waals surface area contributed by atoms with Crippen molar-refractivity contribution in [3.8, 4) is 5.75 Å². The molecule has 1 N–H and O–H groups in total. The molecule has 0 radical (unpaired) electrons. The SMILES string of the molecule is COCOC(=O)C1Cc2ccc(OCOC)cc2CN1C(=O)O. The number of rotatable bonds is 6. The van der Waals surface area contributed by atoms with Crippen LogP contribution in [0.4, 0.5) is 4.79 Å². The lowest BCUT2D eigenvalue weighted by molar-refractivity contribution is -0.160. The van der Waals surface area contributed by atoms with Crippen molar-refractivity contribution >= 4 is 12.1 Å². The van der Waals surface area contributed by atoms with Crippen LogP contribution in [-0.4, -0.2) is 55.9 Å². The molecule has 0 fully saturated rings. The van der Waals surface area contributed by atoms with Crippen LogP contribution in [0.5, 0.6) is 5.75 Å². The molecule has 126 valence electrons. The Morgan fingerprint density at radius 3 is 2.61 bits per heavy atom. The number of benzene rings is 1. The highest BCUT2D eigenvalue weighted by Gasteiger charge is 2.36. The summed E-state index contributed by atoms with van der Waals surface area (Å²) < 4.78 is 19.8. The van der Waals surface area contributed by atoms with Gasteiger partial charge in [-0.25, -0.2) is 9.59 Å². The molecule has 0 spiro atoms. The van der Waals surface area contributed by atoms with Gasteiger partial charge in [0.15, 0.2) is 13.6 Å². The van der Waals surface area contributed by atoms with E-state index in [1.807, 2.05) is 6.07 Å². The fourth-order valence-electron chi connectivity index (χ4n) is 2.40. The first-order chi connectivity index (χ1) is 11.1. The molecule has 1 amide bonds. The summed E-state index contributed by atoms with van der Waals surface area (Å²) in [6.45, 7) is -0.0194. The Balaban J connectivity index is 2.20. The number of esters is 1. The molecular formula is C15H19NO7. The molecule has 1 aromatic rings. The summed E-state index contributed by atoms with van der Waals surface area (Å²) in [5, 5.41) is 9.35. The molecule has 8 nitrogen and oxygen atoms in total.